The molecule has 3 rings (SSSR count). The quantitative estimate of drug-likeness (QED) is 0.670. The highest BCUT2D eigenvalue weighted by Gasteiger charge is 2.13. The highest BCUT2D eigenvalue weighted by atomic mass is 35.5. The van der Waals surface area contributed by atoms with Gasteiger partial charge in [-0.15, -0.1) is 0 Å². The molecule has 0 aliphatic rings. The summed E-state index contributed by atoms with van der Waals surface area (Å²) in [6, 6.07) is 16.5. The SMILES string of the molecule is O=C(NNC(=O)c1ccc(-c2ccc(Cl)cc2)o1)c1ccc(Cl)cc1. The molecule has 3 aromatic rings. The van der Waals surface area contributed by atoms with Crippen LogP contribution in [-0.2, 0) is 0 Å². The van der Waals surface area contributed by atoms with Crippen LogP contribution in [0.2, 0.25) is 10.0 Å². The predicted octanol–water partition coefficient (Wildman–Crippen LogP) is 4.33. The second kappa shape index (κ2) is 7.42. The first kappa shape index (κ1) is 17.1. The molecule has 1 heterocycles. The maximum atomic E-state index is 12.1. The summed E-state index contributed by atoms with van der Waals surface area (Å²) < 4.78 is 5.50. The number of benzene rings is 2. The largest absolute Gasteiger partial charge is 0.451 e. The Kier molecular flexibility index (Phi) is 5.07. The highest BCUT2D eigenvalue weighted by Crippen LogP contribution is 2.23. The van der Waals surface area contributed by atoms with Gasteiger partial charge in [0, 0.05) is 21.2 Å². The van der Waals surface area contributed by atoms with Gasteiger partial charge < -0.3 is 4.42 Å². The van der Waals surface area contributed by atoms with Crippen LogP contribution in [0.25, 0.3) is 11.3 Å². The fourth-order valence-electron chi connectivity index (χ4n) is 2.08. The third-order valence-electron chi connectivity index (χ3n) is 3.35. The third-order valence-corrected chi connectivity index (χ3v) is 3.86. The number of hydrogen-bond donors (Lipinski definition) is 2. The predicted molar refractivity (Wildman–Crippen MR) is 95.5 cm³/mol. The Morgan fingerprint density at radius 1 is 0.720 bits per heavy atom. The van der Waals surface area contributed by atoms with Crippen LogP contribution in [0, 0.1) is 0 Å². The minimum atomic E-state index is -0.567. The molecule has 0 bridgehead atoms. The molecule has 0 radical (unpaired) electrons. The Morgan fingerprint density at radius 2 is 1.28 bits per heavy atom. The number of carbonyl (C=O) groups is 2. The second-order valence-electron chi connectivity index (χ2n) is 5.09. The fraction of sp³-hybridized carbons (Fsp3) is 0. The molecule has 0 saturated carbocycles. The zero-order valence-electron chi connectivity index (χ0n) is 12.8. The van der Waals surface area contributed by atoms with E-state index < -0.39 is 11.8 Å². The lowest BCUT2D eigenvalue weighted by Gasteiger charge is -2.06. The van der Waals surface area contributed by atoms with Crippen LogP contribution < -0.4 is 10.9 Å². The maximum absolute atomic E-state index is 12.1. The molecular formula is C18H12Cl2N2O3. The Morgan fingerprint density at radius 3 is 1.92 bits per heavy atom. The van der Waals surface area contributed by atoms with E-state index in [1.54, 1.807) is 54.6 Å². The number of rotatable bonds is 3. The summed E-state index contributed by atoms with van der Waals surface area (Å²) in [6.45, 7) is 0. The van der Waals surface area contributed by atoms with Crippen molar-refractivity contribution in [3.63, 3.8) is 0 Å². The average Bonchev–Trinajstić information content (AvgIpc) is 3.11. The van der Waals surface area contributed by atoms with Gasteiger partial charge in [0.25, 0.3) is 5.91 Å². The molecule has 25 heavy (non-hydrogen) atoms. The molecule has 0 unspecified atom stereocenters. The van der Waals surface area contributed by atoms with Crippen molar-refractivity contribution in [1.29, 1.82) is 0 Å². The van der Waals surface area contributed by atoms with Crippen molar-refractivity contribution in [1.82, 2.24) is 10.9 Å². The Balaban J connectivity index is 1.63. The molecule has 0 aliphatic carbocycles. The number of carbonyl (C=O) groups excluding carboxylic acids is 2. The zero-order valence-corrected chi connectivity index (χ0v) is 14.3. The molecule has 7 heteroatoms. The van der Waals surface area contributed by atoms with Crippen molar-refractivity contribution in [2.75, 3.05) is 0 Å². The third kappa shape index (κ3) is 4.21. The van der Waals surface area contributed by atoms with Crippen LogP contribution in [0.5, 0.6) is 0 Å². The lowest BCUT2D eigenvalue weighted by Crippen LogP contribution is -2.41. The highest BCUT2D eigenvalue weighted by molar-refractivity contribution is 6.30. The number of hydrogen-bond acceptors (Lipinski definition) is 3. The topological polar surface area (TPSA) is 71.3 Å². The van der Waals surface area contributed by atoms with E-state index in [0.717, 1.165) is 5.56 Å². The van der Waals surface area contributed by atoms with E-state index >= 15 is 0 Å². The van der Waals surface area contributed by atoms with Gasteiger partial charge in [0.15, 0.2) is 5.76 Å². The van der Waals surface area contributed by atoms with Gasteiger partial charge in [0.05, 0.1) is 0 Å². The van der Waals surface area contributed by atoms with Gasteiger partial charge in [-0.3, -0.25) is 20.4 Å². The van der Waals surface area contributed by atoms with Gasteiger partial charge in [-0.2, -0.15) is 0 Å². The van der Waals surface area contributed by atoms with Crippen LogP contribution in [-0.4, -0.2) is 11.8 Å². The molecule has 5 nitrogen and oxygen atoms in total. The van der Waals surface area contributed by atoms with Gasteiger partial charge >= 0.3 is 5.91 Å². The van der Waals surface area contributed by atoms with Gasteiger partial charge in [0.1, 0.15) is 5.76 Å². The lowest BCUT2D eigenvalue weighted by molar-refractivity contribution is 0.0831. The van der Waals surface area contributed by atoms with Crippen LogP contribution in [0.15, 0.2) is 65.1 Å². The van der Waals surface area contributed by atoms with E-state index in [1.165, 1.54) is 6.07 Å². The van der Waals surface area contributed by atoms with Crippen molar-refractivity contribution >= 4 is 35.0 Å². The smallest absolute Gasteiger partial charge is 0.305 e. The number of amides is 2. The zero-order chi connectivity index (χ0) is 17.8. The van der Waals surface area contributed by atoms with E-state index in [9.17, 15) is 9.59 Å². The van der Waals surface area contributed by atoms with Crippen molar-refractivity contribution in [2.24, 2.45) is 0 Å². The molecule has 2 N–H and O–H groups in total. The normalized spacial score (nSPS) is 10.3. The maximum Gasteiger partial charge on any atom is 0.305 e. The second-order valence-corrected chi connectivity index (χ2v) is 5.96. The molecule has 126 valence electrons. The van der Waals surface area contributed by atoms with E-state index in [4.69, 9.17) is 27.6 Å². The van der Waals surface area contributed by atoms with Gasteiger partial charge in [-0.05, 0) is 60.7 Å². The van der Waals surface area contributed by atoms with Crippen molar-refractivity contribution in [2.45, 2.75) is 0 Å². The van der Waals surface area contributed by atoms with Crippen LogP contribution in [0.3, 0.4) is 0 Å². The first-order chi connectivity index (χ1) is 12.0. The summed E-state index contributed by atoms with van der Waals surface area (Å²) >= 11 is 11.6. The van der Waals surface area contributed by atoms with Crippen LogP contribution in [0.4, 0.5) is 0 Å². The molecule has 0 fully saturated rings. The van der Waals surface area contributed by atoms with Crippen molar-refractivity contribution in [3.05, 3.63) is 82.0 Å². The number of furan rings is 1. The van der Waals surface area contributed by atoms with E-state index in [2.05, 4.69) is 10.9 Å². The van der Waals surface area contributed by atoms with Gasteiger partial charge in [-0.1, -0.05) is 23.2 Å². The first-order valence-electron chi connectivity index (χ1n) is 7.25. The molecule has 2 aromatic carbocycles. The summed E-state index contributed by atoms with van der Waals surface area (Å²) in [7, 11) is 0. The Hall–Kier alpha value is -2.76. The average molecular weight is 375 g/mol. The minimum Gasteiger partial charge on any atom is -0.451 e. The van der Waals surface area contributed by atoms with Gasteiger partial charge in [-0.25, -0.2) is 0 Å². The monoisotopic (exact) mass is 374 g/mol. The molecule has 1 aromatic heterocycles. The van der Waals surface area contributed by atoms with Gasteiger partial charge in [0.2, 0.25) is 0 Å². The molecule has 2 amide bonds. The Bertz CT molecular complexity index is 903. The minimum absolute atomic E-state index is 0.0707. The summed E-state index contributed by atoms with van der Waals surface area (Å²) in [5.74, 6) is -0.441. The van der Waals surface area contributed by atoms with Crippen molar-refractivity contribution < 1.29 is 14.0 Å². The molecule has 0 aliphatic heterocycles. The molecule has 0 atom stereocenters. The van der Waals surface area contributed by atoms with Crippen molar-refractivity contribution in [3.8, 4) is 11.3 Å². The van der Waals surface area contributed by atoms with Crippen LogP contribution >= 0.6 is 23.2 Å². The van der Waals surface area contributed by atoms with Crippen LogP contribution in [0.1, 0.15) is 20.9 Å². The summed E-state index contributed by atoms with van der Waals surface area (Å²) in [6.07, 6.45) is 0. The van der Waals surface area contributed by atoms with E-state index in [1.807, 2.05) is 0 Å². The Labute approximate surface area is 153 Å². The summed E-state index contributed by atoms with van der Waals surface area (Å²) in [4.78, 5) is 24.0. The molecule has 0 spiro atoms. The summed E-state index contributed by atoms with van der Waals surface area (Å²) in [5, 5.41) is 1.13. The first-order valence-corrected chi connectivity index (χ1v) is 8.00. The number of halogens is 2. The fourth-order valence-corrected chi connectivity index (χ4v) is 2.33. The number of nitrogens with one attached hydrogen (secondary N) is 2. The standard InChI is InChI=1S/C18H12Cl2N2O3/c19-13-5-1-11(2-6-13)15-9-10-16(25-15)18(24)22-21-17(23)12-3-7-14(20)8-4-12/h1-10H,(H,21,23)(H,22,24). The summed E-state index contributed by atoms with van der Waals surface area (Å²) in [5.41, 5.74) is 5.77. The molecular weight excluding hydrogens is 363 g/mol. The number of hydrazine groups is 1. The lowest BCUT2D eigenvalue weighted by atomic mass is 10.2. The van der Waals surface area contributed by atoms with E-state index in [-0.39, 0.29) is 5.76 Å². The van der Waals surface area contributed by atoms with E-state index in [0.29, 0.717) is 21.4 Å². The molecule has 0 saturated heterocycles.